The van der Waals surface area contributed by atoms with Gasteiger partial charge in [-0.2, -0.15) is 4.98 Å². The average molecular weight is 283 g/mol. The molecule has 2 saturated heterocycles. The van der Waals surface area contributed by atoms with Crippen LogP contribution >= 0.6 is 0 Å². The van der Waals surface area contributed by atoms with Gasteiger partial charge < -0.3 is 15.5 Å². The fraction of sp³-hybridized carbons (Fsp3) is 0.500. The zero-order valence-corrected chi connectivity index (χ0v) is 12.4. The molecule has 5 heteroatoms. The number of hydrogen-bond acceptors (Lipinski definition) is 5. The van der Waals surface area contributed by atoms with E-state index in [9.17, 15) is 0 Å². The molecule has 4 rings (SSSR count). The summed E-state index contributed by atoms with van der Waals surface area (Å²) in [5, 5.41) is 7.81. The number of para-hydroxylation sites is 1. The van der Waals surface area contributed by atoms with Crippen LogP contribution in [0.3, 0.4) is 0 Å². The Bertz CT molecular complexity index is 657. The van der Waals surface area contributed by atoms with Crippen LogP contribution in [0.5, 0.6) is 0 Å². The Labute approximate surface area is 124 Å². The van der Waals surface area contributed by atoms with E-state index in [1.54, 1.807) is 0 Å². The SMILES string of the molecule is CNc1nc(N2CCCC23CCNC3)nc2ccccc12. The highest BCUT2D eigenvalue weighted by atomic mass is 15.3. The summed E-state index contributed by atoms with van der Waals surface area (Å²) in [6.07, 6.45) is 3.66. The molecule has 21 heavy (non-hydrogen) atoms. The summed E-state index contributed by atoms with van der Waals surface area (Å²) in [5.74, 6) is 1.79. The molecule has 1 atom stereocenters. The Morgan fingerprint density at radius 3 is 2.95 bits per heavy atom. The first kappa shape index (κ1) is 12.8. The summed E-state index contributed by atoms with van der Waals surface area (Å²) in [6, 6.07) is 8.21. The number of benzene rings is 1. The lowest BCUT2D eigenvalue weighted by molar-refractivity contribution is 0.461. The Morgan fingerprint density at radius 1 is 1.24 bits per heavy atom. The van der Waals surface area contributed by atoms with E-state index in [4.69, 9.17) is 9.97 Å². The second kappa shape index (κ2) is 4.84. The Morgan fingerprint density at radius 2 is 2.14 bits per heavy atom. The monoisotopic (exact) mass is 283 g/mol. The molecule has 0 bridgehead atoms. The van der Waals surface area contributed by atoms with Crippen LogP contribution in [0.1, 0.15) is 19.3 Å². The zero-order chi connectivity index (χ0) is 14.3. The average Bonchev–Trinajstić information content (AvgIpc) is 3.17. The van der Waals surface area contributed by atoms with E-state index in [-0.39, 0.29) is 5.54 Å². The molecule has 3 heterocycles. The normalized spacial score (nSPS) is 25.1. The number of anilines is 2. The molecule has 1 aromatic carbocycles. The summed E-state index contributed by atoms with van der Waals surface area (Å²) in [4.78, 5) is 12.1. The van der Waals surface area contributed by atoms with Gasteiger partial charge in [0.25, 0.3) is 0 Å². The zero-order valence-electron chi connectivity index (χ0n) is 12.4. The van der Waals surface area contributed by atoms with Crippen molar-refractivity contribution in [2.75, 3.05) is 36.9 Å². The van der Waals surface area contributed by atoms with Crippen LogP contribution in [0.2, 0.25) is 0 Å². The Hall–Kier alpha value is -1.88. The lowest BCUT2D eigenvalue weighted by atomic mass is 9.95. The van der Waals surface area contributed by atoms with Crippen LogP contribution in [0, 0.1) is 0 Å². The van der Waals surface area contributed by atoms with Crippen molar-refractivity contribution in [2.45, 2.75) is 24.8 Å². The quantitative estimate of drug-likeness (QED) is 0.883. The Balaban J connectivity index is 1.83. The number of nitrogens with one attached hydrogen (secondary N) is 2. The number of hydrogen-bond donors (Lipinski definition) is 2. The van der Waals surface area contributed by atoms with Crippen molar-refractivity contribution in [3.63, 3.8) is 0 Å². The maximum absolute atomic E-state index is 4.83. The van der Waals surface area contributed by atoms with Crippen LogP contribution in [0.4, 0.5) is 11.8 Å². The maximum Gasteiger partial charge on any atom is 0.228 e. The molecular formula is C16H21N5. The van der Waals surface area contributed by atoms with E-state index in [0.717, 1.165) is 42.3 Å². The third-order valence-corrected chi connectivity index (χ3v) is 4.89. The fourth-order valence-corrected chi connectivity index (χ4v) is 3.80. The molecule has 0 saturated carbocycles. The highest BCUT2D eigenvalue weighted by Crippen LogP contribution is 2.37. The molecule has 110 valence electrons. The van der Waals surface area contributed by atoms with Gasteiger partial charge in [0.15, 0.2) is 0 Å². The van der Waals surface area contributed by atoms with Crippen molar-refractivity contribution in [3.8, 4) is 0 Å². The first-order valence-corrected chi connectivity index (χ1v) is 7.75. The van der Waals surface area contributed by atoms with E-state index in [2.05, 4.69) is 27.7 Å². The minimum atomic E-state index is 0.230. The number of nitrogens with zero attached hydrogens (tertiary/aromatic N) is 3. The number of rotatable bonds is 2. The van der Waals surface area contributed by atoms with Crippen LogP contribution in [0.25, 0.3) is 10.9 Å². The standard InChI is InChI=1S/C16H21N5/c1-17-14-12-5-2-3-6-13(12)19-15(20-14)21-10-4-7-16(21)8-9-18-11-16/h2-3,5-6,18H,4,7-11H2,1H3,(H,17,19,20). The van der Waals surface area contributed by atoms with Crippen LogP contribution in [-0.4, -0.2) is 42.2 Å². The van der Waals surface area contributed by atoms with Gasteiger partial charge in [0, 0.05) is 25.5 Å². The summed E-state index contributed by atoms with van der Waals surface area (Å²) in [5.41, 5.74) is 1.24. The molecular weight excluding hydrogens is 262 g/mol. The van der Waals surface area contributed by atoms with Gasteiger partial charge in [-0.25, -0.2) is 4.98 Å². The molecule has 1 spiro atoms. The van der Waals surface area contributed by atoms with Crippen molar-refractivity contribution in [2.24, 2.45) is 0 Å². The predicted molar refractivity (Wildman–Crippen MR) is 85.9 cm³/mol. The van der Waals surface area contributed by atoms with Gasteiger partial charge in [-0.1, -0.05) is 12.1 Å². The van der Waals surface area contributed by atoms with Crippen LogP contribution < -0.4 is 15.5 Å². The van der Waals surface area contributed by atoms with E-state index < -0.39 is 0 Å². The highest BCUT2D eigenvalue weighted by molar-refractivity contribution is 5.90. The summed E-state index contributed by atoms with van der Waals surface area (Å²) in [7, 11) is 1.93. The van der Waals surface area contributed by atoms with Gasteiger partial charge in [-0.05, 0) is 37.9 Å². The third kappa shape index (κ3) is 1.95. The second-order valence-corrected chi connectivity index (χ2v) is 6.05. The molecule has 2 fully saturated rings. The smallest absolute Gasteiger partial charge is 0.228 e. The van der Waals surface area contributed by atoms with Crippen LogP contribution in [-0.2, 0) is 0 Å². The van der Waals surface area contributed by atoms with Crippen molar-refractivity contribution < 1.29 is 0 Å². The van der Waals surface area contributed by atoms with Crippen molar-refractivity contribution in [3.05, 3.63) is 24.3 Å². The van der Waals surface area contributed by atoms with Gasteiger partial charge in [-0.15, -0.1) is 0 Å². The lowest BCUT2D eigenvalue weighted by Crippen LogP contribution is -2.46. The van der Waals surface area contributed by atoms with E-state index >= 15 is 0 Å². The summed E-state index contributed by atoms with van der Waals surface area (Å²) < 4.78 is 0. The van der Waals surface area contributed by atoms with E-state index in [1.165, 1.54) is 19.3 Å². The lowest BCUT2D eigenvalue weighted by Gasteiger charge is -2.34. The van der Waals surface area contributed by atoms with Gasteiger partial charge in [0.1, 0.15) is 5.82 Å². The van der Waals surface area contributed by atoms with Gasteiger partial charge in [0.05, 0.1) is 11.1 Å². The first-order valence-electron chi connectivity index (χ1n) is 7.75. The summed E-state index contributed by atoms with van der Waals surface area (Å²) >= 11 is 0. The molecule has 2 aliphatic rings. The molecule has 0 aliphatic carbocycles. The van der Waals surface area contributed by atoms with E-state index in [1.807, 2.05) is 19.2 Å². The minimum absolute atomic E-state index is 0.230. The molecule has 2 aromatic rings. The molecule has 1 unspecified atom stereocenters. The highest BCUT2D eigenvalue weighted by Gasteiger charge is 2.44. The molecule has 0 radical (unpaired) electrons. The number of fused-ring (bicyclic) bond motifs is 1. The van der Waals surface area contributed by atoms with E-state index in [0.29, 0.717) is 0 Å². The summed E-state index contributed by atoms with van der Waals surface area (Å²) in [6.45, 7) is 3.21. The molecule has 2 N–H and O–H groups in total. The van der Waals surface area contributed by atoms with Crippen LogP contribution in [0.15, 0.2) is 24.3 Å². The predicted octanol–water partition coefficient (Wildman–Crippen LogP) is 2.00. The van der Waals surface area contributed by atoms with Crippen molar-refractivity contribution >= 4 is 22.7 Å². The first-order chi connectivity index (χ1) is 10.3. The topological polar surface area (TPSA) is 53.1 Å². The fourth-order valence-electron chi connectivity index (χ4n) is 3.80. The largest absolute Gasteiger partial charge is 0.372 e. The molecule has 5 nitrogen and oxygen atoms in total. The van der Waals surface area contributed by atoms with Gasteiger partial charge in [0.2, 0.25) is 5.95 Å². The van der Waals surface area contributed by atoms with Gasteiger partial charge in [-0.3, -0.25) is 0 Å². The van der Waals surface area contributed by atoms with Crippen molar-refractivity contribution in [1.82, 2.24) is 15.3 Å². The van der Waals surface area contributed by atoms with Gasteiger partial charge >= 0.3 is 0 Å². The molecule has 1 aromatic heterocycles. The van der Waals surface area contributed by atoms with Crippen molar-refractivity contribution in [1.29, 1.82) is 0 Å². The number of aromatic nitrogens is 2. The molecule has 0 amide bonds. The third-order valence-electron chi connectivity index (χ3n) is 4.89. The molecule has 2 aliphatic heterocycles. The Kier molecular flexibility index (Phi) is 2.96. The maximum atomic E-state index is 4.83. The minimum Gasteiger partial charge on any atom is -0.372 e. The second-order valence-electron chi connectivity index (χ2n) is 6.05.